The number of aromatic hydroxyl groups is 1. The number of primary amides is 1. The van der Waals surface area contributed by atoms with Gasteiger partial charge in [-0.25, -0.2) is 4.79 Å². The number of phenols is 1. The van der Waals surface area contributed by atoms with E-state index >= 15 is 0 Å². The molecular formula is C29H39N5O7. The Labute approximate surface area is 238 Å². The minimum Gasteiger partial charge on any atom is -0.508 e. The van der Waals surface area contributed by atoms with Crippen molar-refractivity contribution in [3.8, 4) is 5.75 Å². The summed E-state index contributed by atoms with van der Waals surface area (Å²) < 4.78 is 0. The molecule has 0 bridgehead atoms. The van der Waals surface area contributed by atoms with Gasteiger partial charge in [0.2, 0.25) is 23.6 Å². The number of phenolic OH excluding ortho intramolecular Hbond substituents is 1. The lowest BCUT2D eigenvalue weighted by atomic mass is 10.0. The van der Waals surface area contributed by atoms with E-state index in [0.29, 0.717) is 5.56 Å². The zero-order valence-corrected chi connectivity index (χ0v) is 23.2. The Hall–Kier alpha value is -4.45. The van der Waals surface area contributed by atoms with E-state index in [1.54, 1.807) is 56.3 Å². The largest absolute Gasteiger partial charge is 0.508 e. The molecule has 4 atom stereocenters. The third-order valence-electron chi connectivity index (χ3n) is 6.28. The highest BCUT2D eigenvalue weighted by atomic mass is 16.4. The predicted octanol–water partition coefficient (Wildman–Crippen LogP) is 0.355. The summed E-state index contributed by atoms with van der Waals surface area (Å²) in [6.45, 7) is 3.61. The van der Waals surface area contributed by atoms with Crippen molar-refractivity contribution in [1.29, 1.82) is 0 Å². The molecule has 12 nitrogen and oxygen atoms in total. The molecule has 0 fully saturated rings. The number of amides is 4. The van der Waals surface area contributed by atoms with Crippen LogP contribution in [0.3, 0.4) is 0 Å². The van der Waals surface area contributed by atoms with Gasteiger partial charge in [-0.3, -0.25) is 19.2 Å². The lowest BCUT2D eigenvalue weighted by Gasteiger charge is -2.25. The molecule has 2 aromatic rings. The van der Waals surface area contributed by atoms with E-state index in [2.05, 4.69) is 16.0 Å². The summed E-state index contributed by atoms with van der Waals surface area (Å²) in [5, 5.41) is 26.6. The summed E-state index contributed by atoms with van der Waals surface area (Å²) in [7, 11) is 0. The Kier molecular flexibility index (Phi) is 12.8. The topological polar surface area (TPSA) is 214 Å². The van der Waals surface area contributed by atoms with Gasteiger partial charge in [-0.15, -0.1) is 0 Å². The molecule has 0 heterocycles. The molecule has 4 amide bonds. The molecule has 0 aromatic heterocycles. The second kappa shape index (κ2) is 16.0. The number of hydrogen-bond acceptors (Lipinski definition) is 7. The standard InChI is InChI=1S/C29H39N5O7/c1-17(2)14-24(29(40)41)34-27(38)22(12-13-25(31)36)32-28(39)23(16-18-6-4-3-5-7-18)33-26(37)21(30)15-19-8-10-20(35)11-9-19/h3-11,17,21-24,35H,12-16,30H2,1-2H3,(H2,31,36)(H,32,39)(H,33,37)(H,34,38)(H,40,41). The fourth-order valence-electron chi connectivity index (χ4n) is 4.11. The summed E-state index contributed by atoms with van der Waals surface area (Å²) in [5.41, 5.74) is 12.8. The van der Waals surface area contributed by atoms with E-state index in [1.807, 2.05) is 0 Å². The highest BCUT2D eigenvalue weighted by Crippen LogP contribution is 2.12. The second-order valence-corrected chi connectivity index (χ2v) is 10.3. The van der Waals surface area contributed by atoms with Crippen LogP contribution in [0.5, 0.6) is 5.75 Å². The van der Waals surface area contributed by atoms with E-state index in [0.717, 1.165) is 5.56 Å². The van der Waals surface area contributed by atoms with Crippen molar-refractivity contribution in [2.45, 2.75) is 70.1 Å². The maximum Gasteiger partial charge on any atom is 0.326 e. The number of carbonyl (C=O) groups excluding carboxylic acids is 4. The molecule has 0 aliphatic carbocycles. The fourth-order valence-corrected chi connectivity index (χ4v) is 4.11. The van der Waals surface area contributed by atoms with Crippen LogP contribution in [0, 0.1) is 5.92 Å². The first-order chi connectivity index (χ1) is 19.3. The minimum absolute atomic E-state index is 0.0358. The molecule has 0 spiro atoms. The normalized spacial score (nSPS) is 13.9. The van der Waals surface area contributed by atoms with Crippen LogP contribution < -0.4 is 27.4 Å². The fraction of sp³-hybridized carbons (Fsp3) is 0.414. The zero-order valence-electron chi connectivity index (χ0n) is 23.2. The molecule has 222 valence electrons. The van der Waals surface area contributed by atoms with Crippen LogP contribution in [-0.4, -0.2) is 64.0 Å². The van der Waals surface area contributed by atoms with Gasteiger partial charge >= 0.3 is 5.97 Å². The second-order valence-electron chi connectivity index (χ2n) is 10.3. The van der Waals surface area contributed by atoms with Crippen LogP contribution in [0.4, 0.5) is 0 Å². The van der Waals surface area contributed by atoms with Gasteiger partial charge < -0.3 is 37.6 Å². The Morgan fingerprint density at radius 1 is 0.756 bits per heavy atom. The number of carbonyl (C=O) groups is 5. The van der Waals surface area contributed by atoms with Crippen LogP contribution in [-0.2, 0) is 36.8 Å². The van der Waals surface area contributed by atoms with E-state index < -0.39 is 53.8 Å². The van der Waals surface area contributed by atoms with E-state index in [4.69, 9.17) is 11.5 Å². The van der Waals surface area contributed by atoms with Crippen molar-refractivity contribution < 1.29 is 34.2 Å². The van der Waals surface area contributed by atoms with Crippen molar-refractivity contribution in [3.63, 3.8) is 0 Å². The first-order valence-electron chi connectivity index (χ1n) is 13.3. The number of aliphatic carboxylic acids is 1. The van der Waals surface area contributed by atoms with Crippen molar-refractivity contribution in [2.24, 2.45) is 17.4 Å². The molecule has 9 N–H and O–H groups in total. The average molecular weight is 570 g/mol. The number of nitrogens with two attached hydrogens (primary N) is 2. The van der Waals surface area contributed by atoms with Gasteiger partial charge in [-0.1, -0.05) is 56.3 Å². The molecule has 0 aliphatic heterocycles. The Balaban J connectivity index is 2.23. The number of nitrogens with one attached hydrogen (secondary N) is 3. The molecule has 0 aliphatic rings. The third-order valence-corrected chi connectivity index (χ3v) is 6.28. The van der Waals surface area contributed by atoms with Crippen molar-refractivity contribution in [1.82, 2.24) is 16.0 Å². The maximum absolute atomic E-state index is 13.5. The van der Waals surface area contributed by atoms with Crippen molar-refractivity contribution >= 4 is 29.6 Å². The molecule has 4 unspecified atom stereocenters. The zero-order chi connectivity index (χ0) is 30.5. The van der Waals surface area contributed by atoms with Crippen molar-refractivity contribution in [2.75, 3.05) is 0 Å². The van der Waals surface area contributed by atoms with E-state index in [9.17, 15) is 34.2 Å². The van der Waals surface area contributed by atoms with Gasteiger partial charge in [-0.05, 0) is 48.4 Å². The van der Waals surface area contributed by atoms with Gasteiger partial charge in [0.1, 0.15) is 23.9 Å². The first-order valence-corrected chi connectivity index (χ1v) is 13.3. The Morgan fingerprint density at radius 3 is 1.85 bits per heavy atom. The Bertz CT molecular complexity index is 1190. The number of benzene rings is 2. The van der Waals surface area contributed by atoms with Crippen LogP contribution in [0.25, 0.3) is 0 Å². The number of carboxylic acids is 1. The first kappa shape index (κ1) is 32.8. The quantitative estimate of drug-likeness (QED) is 0.149. The van der Waals surface area contributed by atoms with E-state index in [-0.39, 0.29) is 43.8 Å². The average Bonchev–Trinajstić information content (AvgIpc) is 2.91. The monoisotopic (exact) mass is 569 g/mol. The van der Waals surface area contributed by atoms with Crippen LogP contribution in [0.15, 0.2) is 54.6 Å². The summed E-state index contributed by atoms with van der Waals surface area (Å²) in [5.74, 6) is -4.03. The maximum atomic E-state index is 13.5. The third kappa shape index (κ3) is 11.7. The van der Waals surface area contributed by atoms with Gasteiger partial charge in [0.05, 0.1) is 6.04 Å². The van der Waals surface area contributed by atoms with Gasteiger partial charge in [-0.2, -0.15) is 0 Å². The smallest absolute Gasteiger partial charge is 0.326 e. The molecule has 2 rings (SSSR count). The molecule has 12 heteroatoms. The number of rotatable bonds is 16. The van der Waals surface area contributed by atoms with Gasteiger partial charge in [0.15, 0.2) is 0 Å². The SMILES string of the molecule is CC(C)CC(NC(=O)C(CCC(N)=O)NC(=O)C(Cc1ccccc1)NC(=O)C(N)Cc1ccc(O)cc1)C(=O)O. The number of carboxylic acid groups (broad SMARTS) is 1. The van der Waals surface area contributed by atoms with Crippen molar-refractivity contribution in [3.05, 3.63) is 65.7 Å². The van der Waals surface area contributed by atoms with Gasteiger partial charge in [0, 0.05) is 12.8 Å². The summed E-state index contributed by atoms with van der Waals surface area (Å²) in [6, 6.07) is 10.4. The molecule has 2 aromatic carbocycles. The Morgan fingerprint density at radius 2 is 1.29 bits per heavy atom. The predicted molar refractivity (Wildman–Crippen MR) is 151 cm³/mol. The van der Waals surface area contributed by atoms with Crippen LogP contribution >= 0.6 is 0 Å². The van der Waals surface area contributed by atoms with E-state index in [1.165, 1.54) is 12.1 Å². The molecule has 0 saturated heterocycles. The lowest BCUT2D eigenvalue weighted by molar-refractivity contribution is -0.143. The molecular weight excluding hydrogens is 530 g/mol. The summed E-state index contributed by atoms with van der Waals surface area (Å²) >= 11 is 0. The molecule has 0 saturated carbocycles. The van der Waals surface area contributed by atoms with Crippen LogP contribution in [0.1, 0.15) is 44.2 Å². The molecule has 0 radical (unpaired) electrons. The summed E-state index contributed by atoms with van der Waals surface area (Å²) in [6.07, 6.45) is -0.0502. The molecule has 41 heavy (non-hydrogen) atoms. The van der Waals surface area contributed by atoms with Crippen LogP contribution in [0.2, 0.25) is 0 Å². The highest BCUT2D eigenvalue weighted by Gasteiger charge is 2.31. The van der Waals surface area contributed by atoms with Gasteiger partial charge in [0.25, 0.3) is 0 Å². The highest BCUT2D eigenvalue weighted by molar-refractivity contribution is 5.94. The minimum atomic E-state index is -1.29. The number of hydrogen-bond donors (Lipinski definition) is 7. The summed E-state index contributed by atoms with van der Waals surface area (Å²) in [4.78, 5) is 62.6. The lowest BCUT2D eigenvalue weighted by Crippen LogP contribution is -2.58.